The number of carbonyl (C=O) groups is 3. The summed E-state index contributed by atoms with van der Waals surface area (Å²) in [6.45, 7) is 18.9. The van der Waals surface area contributed by atoms with Crippen LogP contribution in [0.15, 0.2) is 0 Å². The summed E-state index contributed by atoms with van der Waals surface area (Å²) >= 11 is 0. The Morgan fingerprint density at radius 2 is 0.907 bits per heavy atom. The van der Waals surface area contributed by atoms with Crippen molar-refractivity contribution in [2.45, 2.75) is 208 Å². The number of hydrogen-bond donors (Lipinski definition) is 0. The average Bonchev–Trinajstić information content (AvgIpc) is 3.16. The molecule has 320 valence electrons. The summed E-state index contributed by atoms with van der Waals surface area (Å²) in [7, 11) is 0. The van der Waals surface area contributed by atoms with Gasteiger partial charge in [0.25, 0.3) is 0 Å². The first-order chi connectivity index (χ1) is 26.3. The molecule has 9 heteroatoms. The largest absolute Gasteiger partial charge is 0.508 e. The Balaban J connectivity index is 5.03. The fourth-order valence-corrected chi connectivity index (χ4v) is 6.85. The van der Waals surface area contributed by atoms with Crippen molar-refractivity contribution in [1.82, 2.24) is 9.80 Å². The summed E-state index contributed by atoms with van der Waals surface area (Å²) in [4.78, 5) is 43.0. The molecule has 0 fully saturated rings. The lowest BCUT2D eigenvalue weighted by Crippen LogP contribution is -2.39. The Bertz CT molecular complexity index is 840. The van der Waals surface area contributed by atoms with Crippen LogP contribution in [0.3, 0.4) is 0 Å². The number of nitrogens with zero attached hydrogens (tertiary/aromatic N) is 2. The molecule has 0 aliphatic heterocycles. The molecular weight excluding hydrogens is 681 g/mol. The molecule has 0 aromatic rings. The number of unbranched alkanes of at least 4 members (excludes halogenated alkanes) is 15. The zero-order valence-corrected chi connectivity index (χ0v) is 36.4. The smallest absolute Gasteiger partial charge is 0.466 e. The molecule has 0 rings (SSSR count). The van der Waals surface area contributed by atoms with Gasteiger partial charge in [0.15, 0.2) is 0 Å². The second-order valence-corrected chi connectivity index (χ2v) is 15.4. The Kier molecular flexibility index (Phi) is 38.0. The molecule has 0 heterocycles. The third-order valence-corrected chi connectivity index (χ3v) is 10.6. The van der Waals surface area contributed by atoms with Gasteiger partial charge >= 0.3 is 18.1 Å². The summed E-state index contributed by atoms with van der Waals surface area (Å²) in [5.74, 6) is -0.241. The summed E-state index contributed by atoms with van der Waals surface area (Å²) in [6, 6.07) is 0. The third-order valence-electron chi connectivity index (χ3n) is 10.6. The van der Waals surface area contributed by atoms with E-state index in [0.29, 0.717) is 45.6 Å². The van der Waals surface area contributed by atoms with Gasteiger partial charge in [-0.25, -0.2) is 4.79 Å². The predicted molar refractivity (Wildman–Crippen MR) is 224 cm³/mol. The highest BCUT2D eigenvalue weighted by Gasteiger charge is 2.21. The highest BCUT2D eigenvalue weighted by atomic mass is 16.7. The van der Waals surface area contributed by atoms with Crippen LogP contribution < -0.4 is 0 Å². The van der Waals surface area contributed by atoms with Gasteiger partial charge < -0.3 is 23.8 Å². The van der Waals surface area contributed by atoms with E-state index in [-0.39, 0.29) is 30.6 Å². The van der Waals surface area contributed by atoms with Gasteiger partial charge in [0.05, 0.1) is 12.5 Å². The van der Waals surface area contributed by atoms with Crippen LogP contribution in [-0.2, 0) is 28.5 Å². The standard InChI is InChI=1S/C45H88N2O7/c1-7-13-17-21-24-29-41(30-25-22-18-14-8-2)44(49)52-39-36-47(35-34-46(11-5)12-6)37-40-53-45(50)54-42(31-26-20-16-10-4)32-28-33-43(48)51-38-27-23-19-15-9-3/h41-42H,7-40H2,1-6H3. The first-order valence-electron chi connectivity index (χ1n) is 22.9. The van der Waals surface area contributed by atoms with Gasteiger partial charge in [-0.05, 0) is 58.0 Å². The molecule has 54 heavy (non-hydrogen) atoms. The van der Waals surface area contributed by atoms with Gasteiger partial charge in [0.1, 0.15) is 19.3 Å². The van der Waals surface area contributed by atoms with Crippen LogP contribution in [0.2, 0.25) is 0 Å². The number of rotatable bonds is 40. The molecule has 1 unspecified atom stereocenters. The van der Waals surface area contributed by atoms with E-state index in [4.69, 9.17) is 18.9 Å². The van der Waals surface area contributed by atoms with Gasteiger partial charge in [0, 0.05) is 32.6 Å². The average molecular weight is 769 g/mol. The van der Waals surface area contributed by atoms with Gasteiger partial charge in [-0.2, -0.15) is 0 Å². The Hall–Kier alpha value is -1.87. The lowest BCUT2D eigenvalue weighted by Gasteiger charge is -2.26. The molecule has 0 radical (unpaired) electrons. The molecule has 0 N–H and O–H groups in total. The first-order valence-corrected chi connectivity index (χ1v) is 22.9. The Labute approximate surface area is 333 Å². The molecule has 0 saturated carbocycles. The fraction of sp³-hybridized carbons (Fsp3) is 0.933. The number of carbonyl (C=O) groups excluding carboxylic acids is 3. The minimum absolute atomic E-state index is 0.0173. The molecule has 0 saturated heterocycles. The number of likely N-dealkylation sites (N-methyl/N-ethyl adjacent to an activating group) is 1. The highest BCUT2D eigenvalue weighted by Crippen LogP contribution is 2.21. The van der Waals surface area contributed by atoms with Gasteiger partial charge in [0.2, 0.25) is 0 Å². The summed E-state index contributed by atoms with van der Waals surface area (Å²) in [5, 5.41) is 0. The normalized spacial score (nSPS) is 12.1. The van der Waals surface area contributed by atoms with Gasteiger partial charge in [-0.15, -0.1) is 0 Å². The van der Waals surface area contributed by atoms with Crippen LogP contribution in [0.1, 0.15) is 202 Å². The van der Waals surface area contributed by atoms with Crippen molar-refractivity contribution in [2.24, 2.45) is 5.92 Å². The van der Waals surface area contributed by atoms with Crippen LogP contribution in [-0.4, -0.2) is 93.1 Å². The molecule has 9 nitrogen and oxygen atoms in total. The predicted octanol–water partition coefficient (Wildman–Crippen LogP) is 11.7. The fourth-order valence-electron chi connectivity index (χ4n) is 6.85. The van der Waals surface area contributed by atoms with Crippen molar-refractivity contribution in [3.05, 3.63) is 0 Å². The summed E-state index contributed by atoms with van der Waals surface area (Å²) in [6.07, 6.45) is 25.2. The van der Waals surface area contributed by atoms with Crippen LogP contribution in [0.5, 0.6) is 0 Å². The zero-order chi connectivity index (χ0) is 39.9. The lowest BCUT2D eigenvalue weighted by molar-refractivity contribution is -0.149. The van der Waals surface area contributed by atoms with Crippen molar-refractivity contribution in [2.75, 3.05) is 59.1 Å². The van der Waals surface area contributed by atoms with E-state index in [9.17, 15) is 14.4 Å². The highest BCUT2D eigenvalue weighted by molar-refractivity contribution is 5.72. The maximum Gasteiger partial charge on any atom is 0.508 e. The maximum atomic E-state index is 13.3. The molecule has 0 aliphatic rings. The minimum Gasteiger partial charge on any atom is -0.466 e. The summed E-state index contributed by atoms with van der Waals surface area (Å²) in [5.41, 5.74) is 0. The second kappa shape index (κ2) is 39.4. The zero-order valence-electron chi connectivity index (χ0n) is 36.4. The number of ether oxygens (including phenoxy) is 4. The topological polar surface area (TPSA) is 94.6 Å². The summed E-state index contributed by atoms with van der Waals surface area (Å²) < 4.78 is 22.7. The molecule has 0 aliphatic carbocycles. The Morgan fingerprint density at radius 1 is 0.444 bits per heavy atom. The number of hydrogen-bond acceptors (Lipinski definition) is 9. The quantitative estimate of drug-likeness (QED) is 0.0343. The maximum absolute atomic E-state index is 13.3. The monoisotopic (exact) mass is 769 g/mol. The van der Waals surface area contributed by atoms with Crippen molar-refractivity contribution < 1.29 is 33.3 Å². The molecule has 1 atom stereocenters. The minimum atomic E-state index is -0.652. The van der Waals surface area contributed by atoms with E-state index in [2.05, 4.69) is 51.3 Å². The SMILES string of the molecule is CCCCCCCOC(=O)CCCC(CCCCCC)OC(=O)OCCN(CCOC(=O)C(CCCCCCC)CCCCCCC)CCN(CC)CC. The molecule has 0 amide bonds. The molecule has 0 bridgehead atoms. The van der Waals surface area contributed by atoms with E-state index in [0.717, 1.165) is 96.8 Å². The molecule has 0 aromatic heterocycles. The van der Waals surface area contributed by atoms with Gasteiger partial charge in [-0.3, -0.25) is 14.5 Å². The van der Waals surface area contributed by atoms with E-state index in [1.165, 1.54) is 70.6 Å². The van der Waals surface area contributed by atoms with Crippen LogP contribution >= 0.6 is 0 Å². The molecule has 0 spiro atoms. The van der Waals surface area contributed by atoms with Crippen molar-refractivity contribution in [3.8, 4) is 0 Å². The molecule has 0 aromatic carbocycles. The van der Waals surface area contributed by atoms with E-state index in [1.54, 1.807) is 0 Å². The van der Waals surface area contributed by atoms with Crippen LogP contribution in [0, 0.1) is 5.92 Å². The van der Waals surface area contributed by atoms with Crippen molar-refractivity contribution in [1.29, 1.82) is 0 Å². The van der Waals surface area contributed by atoms with Crippen LogP contribution in [0.4, 0.5) is 4.79 Å². The van der Waals surface area contributed by atoms with E-state index < -0.39 is 6.16 Å². The van der Waals surface area contributed by atoms with Crippen LogP contribution in [0.25, 0.3) is 0 Å². The molecular formula is C45H88N2O7. The lowest BCUT2D eigenvalue weighted by atomic mass is 9.94. The van der Waals surface area contributed by atoms with Gasteiger partial charge in [-0.1, -0.05) is 151 Å². The van der Waals surface area contributed by atoms with E-state index in [1.807, 2.05) is 0 Å². The Morgan fingerprint density at radius 3 is 1.46 bits per heavy atom. The van der Waals surface area contributed by atoms with E-state index >= 15 is 0 Å². The second-order valence-electron chi connectivity index (χ2n) is 15.4. The van der Waals surface area contributed by atoms with Crippen molar-refractivity contribution in [3.63, 3.8) is 0 Å². The first kappa shape index (κ1) is 52.1. The number of esters is 2. The third kappa shape index (κ3) is 32.4. The van der Waals surface area contributed by atoms with Crippen molar-refractivity contribution >= 4 is 18.1 Å².